The number of nitrogens with zero attached hydrogens (tertiary/aromatic N) is 1. The number of ether oxygens (including phenoxy) is 3. The van der Waals surface area contributed by atoms with E-state index in [1.807, 2.05) is 45.0 Å². The van der Waals surface area contributed by atoms with Crippen molar-refractivity contribution in [1.82, 2.24) is 4.90 Å². The van der Waals surface area contributed by atoms with Crippen molar-refractivity contribution in [3.8, 4) is 11.5 Å². The number of fused-ring (bicyclic) bond motifs is 1. The summed E-state index contributed by atoms with van der Waals surface area (Å²) in [4.78, 5) is 27.7. The van der Waals surface area contributed by atoms with Crippen molar-refractivity contribution in [2.24, 2.45) is 0 Å². The highest BCUT2D eigenvalue weighted by molar-refractivity contribution is 6.46. The lowest BCUT2D eigenvalue weighted by Crippen LogP contribution is -2.31. The first kappa shape index (κ1) is 22.9. The van der Waals surface area contributed by atoms with Gasteiger partial charge in [0, 0.05) is 18.7 Å². The van der Waals surface area contributed by atoms with E-state index in [9.17, 15) is 14.7 Å². The summed E-state index contributed by atoms with van der Waals surface area (Å²) in [5.74, 6) is -0.460. The van der Waals surface area contributed by atoms with Gasteiger partial charge < -0.3 is 24.2 Å². The van der Waals surface area contributed by atoms with Crippen molar-refractivity contribution >= 4 is 17.4 Å². The Kier molecular flexibility index (Phi) is 6.70. The summed E-state index contributed by atoms with van der Waals surface area (Å²) in [6, 6.07) is 12.0. The zero-order valence-corrected chi connectivity index (χ0v) is 19.2. The van der Waals surface area contributed by atoms with Gasteiger partial charge in [-0.1, -0.05) is 29.8 Å². The van der Waals surface area contributed by atoms with E-state index in [4.69, 9.17) is 14.2 Å². The van der Waals surface area contributed by atoms with Crippen molar-refractivity contribution in [1.29, 1.82) is 0 Å². The van der Waals surface area contributed by atoms with Crippen LogP contribution in [0.2, 0.25) is 0 Å². The van der Waals surface area contributed by atoms with Crippen LogP contribution < -0.4 is 9.47 Å². The van der Waals surface area contributed by atoms with Gasteiger partial charge in [0.15, 0.2) is 11.5 Å². The van der Waals surface area contributed by atoms with Crippen molar-refractivity contribution in [2.45, 2.75) is 39.3 Å². The molecule has 7 nitrogen and oxygen atoms in total. The van der Waals surface area contributed by atoms with Crippen LogP contribution in [0.15, 0.2) is 48.0 Å². The van der Waals surface area contributed by atoms with Gasteiger partial charge in [-0.3, -0.25) is 9.59 Å². The van der Waals surface area contributed by atoms with Gasteiger partial charge in [-0.2, -0.15) is 0 Å². The van der Waals surface area contributed by atoms with Gasteiger partial charge in [-0.15, -0.1) is 0 Å². The van der Waals surface area contributed by atoms with Crippen LogP contribution in [-0.2, 0) is 14.3 Å². The first-order valence-electron chi connectivity index (χ1n) is 11.2. The number of aliphatic hydroxyl groups is 1. The number of rotatable bonds is 7. The molecule has 0 bridgehead atoms. The number of likely N-dealkylation sites (tertiary alicyclic amines) is 1. The fourth-order valence-electron chi connectivity index (χ4n) is 4.20. The number of carbonyl (C=O) groups excluding carboxylic acids is 2. The second-order valence-electron chi connectivity index (χ2n) is 8.54. The average molecular weight is 452 g/mol. The minimum atomic E-state index is -0.696. The number of aryl methyl sites for hydroxylation is 1. The molecule has 1 amide bonds. The molecule has 2 aliphatic heterocycles. The minimum absolute atomic E-state index is 0.0760. The normalized spacial score (nSPS) is 19.4. The number of benzene rings is 2. The summed E-state index contributed by atoms with van der Waals surface area (Å²) >= 11 is 0. The van der Waals surface area contributed by atoms with Crippen LogP contribution in [0.4, 0.5) is 0 Å². The Morgan fingerprint density at radius 2 is 1.88 bits per heavy atom. The molecule has 0 spiro atoms. The van der Waals surface area contributed by atoms with Crippen molar-refractivity contribution < 1.29 is 28.9 Å². The van der Waals surface area contributed by atoms with Crippen LogP contribution in [0.3, 0.4) is 0 Å². The lowest BCUT2D eigenvalue weighted by atomic mass is 9.94. The van der Waals surface area contributed by atoms with Crippen molar-refractivity contribution in [3.05, 3.63) is 64.7 Å². The van der Waals surface area contributed by atoms with Gasteiger partial charge >= 0.3 is 0 Å². The Morgan fingerprint density at radius 1 is 1.12 bits per heavy atom. The summed E-state index contributed by atoms with van der Waals surface area (Å²) in [7, 11) is 0. The molecule has 0 aromatic heterocycles. The Bertz CT molecular complexity index is 1090. The van der Waals surface area contributed by atoms with E-state index in [1.54, 1.807) is 18.2 Å². The zero-order chi connectivity index (χ0) is 23.5. The molecular weight excluding hydrogens is 422 g/mol. The smallest absolute Gasteiger partial charge is 0.295 e. The molecule has 2 heterocycles. The first-order chi connectivity index (χ1) is 15.9. The summed E-state index contributed by atoms with van der Waals surface area (Å²) < 4.78 is 16.8. The van der Waals surface area contributed by atoms with E-state index in [0.29, 0.717) is 49.8 Å². The first-order valence-corrected chi connectivity index (χ1v) is 11.2. The van der Waals surface area contributed by atoms with E-state index in [-0.39, 0.29) is 17.4 Å². The largest absolute Gasteiger partial charge is 0.507 e. The fourth-order valence-corrected chi connectivity index (χ4v) is 4.20. The number of aliphatic hydroxyl groups excluding tert-OH is 1. The number of ketones is 1. The van der Waals surface area contributed by atoms with E-state index in [2.05, 4.69) is 0 Å². The third-order valence-corrected chi connectivity index (χ3v) is 5.71. The molecule has 2 aliphatic rings. The van der Waals surface area contributed by atoms with Crippen LogP contribution in [0.1, 0.15) is 43.0 Å². The SMILES string of the molecule is Cc1cccc(C2/C(=C(/O)c3ccc4c(c3)OCCO4)C(=O)C(=O)N2CCCOC(C)C)c1. The van der Waals surface area contributed by atoms with Crippen LogP contribution in [0.25, 0.3) is 5.76 Å². The minimum Gasteiger partial charge on any atom is -0.507 e. The van der Waals surface area contributed by atoms with Gasteiger partial charge in [0.25, 0.3) is 11.7 Å². The van der Waals surface area contributed by atoms with Crippen molar-refractivity contribution in [3.63, 3.8) is 0 Å². The molecule has 4 rings (SSSR count). The molecule has 33 heavy (non-hydrogen) atoms. The fraction of sp³-hybridized carbons (Fsp3) is 0.385. The number of carbonyl (C=O) groups is 2. The van der Waals surface area contributed by atoms with Gasteiger partial charge in [0.1, 0.15) is 19.0 Å². The van der Waals surface area contributed by atoms with Crippen LogP contribution in [0.5, 0.6) is 11.5 Å². The predicted molar refractivity (Wildman–Crippen MR) is 123 cm³/mol. The predicted octanol–water partition coefficient (Wildman–Crippen LogP) is 4.00. The molecule has 174 valence electrons. The number of amides is 1. The molecular formula is C26H29NO6. The molecule has 1 N–H and O–H groups in total. The Labute approximate surface area is 193 Å². The summed E-state index contributed by atoms with van der Waals surface area (Å²) in [5.41, 5.74) is 2.25. The second-order valence-corrected chi connectivity index (χ2v) is 8.54. The van der Waals surface area contributed by atoms with Crippen molar-refractivity contribution in [2.75, 3.05) is 26.4 Å². The highest BCUT2D eigenvalue weighted by Gasteiger charge is 2.45. The highest BCUT2D eigenvalue weighted by atomic mass is 16.6. The van der Waals surface area contributed by atoms with Gasteiger partial charge in [-0.25, -0.2) is 0 Å². The molecule has 2 aromatic carbocycles. The van der Waals surface area contributed by atoms with Gasteiger partial charge in [-0.05, 0) is 51.0 Å². The van der Waals surface area contributed by atoms with Crippen LogP contribution in [-0.4, -0.2) is 54.2 Å². The molecule has 1 atom stereocenters. The second kappa shape index (κ2) is 9.67. The van der Waals surface area contributed by atoms with Crippen LogP contribution in [0, 0.1) is 6.92 Å². The monoisotopic (exact) mass is 451 g/mol. The van der Waals surface area contributed by atoms with Gasteiger partial charge in [0.2, 0.25) is 0 Å². The summed E-state index contributed by atoms with van der Waals surface area (Å²) in [6.45, 7) is 7.53. The molecule has 0 saturated carbocycles. The Balaban J connectivity index is 1.74. The topological polar surface area (TPSA) is 85.3 Å². The average Bonchev–Trinajstić information content (AvgIpc) is 3.06. The standard InChI is InChI=1S/C26H29NO6/c1-16(2)31-11-5-10-27-23(18-7-4-6-17(3)14-18)22(25(29)26(27)30)24(28)19-8-9-20-21(15-19)33-13-12-32-20/h4,6-9,14-16,23,28H,5,10-13H2,1-3H3/b24-22-. The van der Waals surface area contributed by atoms with Crippen LogP contribution >= 0.6 is 0 Å². The molecule has 1 unspecified atom stereocenters. The number of hydrogen-bond donors (Lipinski definition) is 1. The lowest BCUT2D eigenvalue weighted by Gasteiger charge is -2.26. The Hall–Kier alpha value is -3.32. The zero-order valence-electron chi connectivity index (χ0n) is 19.2. The molecule has 1 fully saturated rings. The maximum Gasteiger partial charge on any atom is 0.295 e. The third kappa shape index (κ3) is 4.73. The van der Waals surface area contributed by atoms with E-state index < -0.39 is 17.7 Å². The quantitative estimate of drug-likeness (QED) is 0.296. The maximum absolute atomic E-state index is 13.1. The third-order valence-electron chi connectivity index (χ3n) is 5.71. The highest BCUT2D eigenvalue weighted by Crippen LogP contribution is 2.41. The molecule has 0 radical (unpaired) electrons. The Morgan fingerprint density at radius 3 is 2.61 bits per heavy atom. The lowest BCUT2D eigenvalue weighted by molar-refractivity contribution is -0.140. The molecule has 1 saturated heterocycles. The molecule has 2 aromatic rings. The summed E-state index contributed by atoms with van der Waals surface area (Å²) in [6.07, 6.45) is 0.667. The molecule has 7 heteroatoms. The number of hydrogen-bond acceptors (Lipinski definition) is 6. The van der Waals surface area contributed by atoms with Gasteiger partial charge in [0.05, 0.1) is 17.7 Å². The number of Topliss-reactive ketones (excluding diaryl/α,β-unsaturated/α-hetero) is 1. The van der Waals surface area contributed by atoms with E-state index in [1.165, 1.54) is 4.90 Å². The molecule has 0 aliphatic carbocycles. The maximum atomic E-state index is 13.1. The van der Waals surface area contributed by atoms with E-state index in [0.717, 1.165) is 11.1 Å². The summed E-state index contributed by atoms with van der Waals surface area (Å²) in [5, 5.41) is 11.2. The van der Waals surface area contributed by atoms with E-state index >= 15 is 0 Å².